The summed E-state index contributed by atoms with van der Waals surface area (Å²) in [5.41, 5.74) is 0. The van der Waals surface area contributed by atoms with E-state index in [-0.39, 0.29) is 25.4 Å². The highest BCUT2D eigenvalue weighted by Crippen LogP contribution is 2.22. The fourth-order valence-electron chi connectivity index (χ4n) is 2.49. The molecule has 5 atom stereocenters. The van der Waals surface area contributed by atoms with Gasteiger partial charge in [-0.25, -0.2) is 0 Å². The average molecular weight is 365 g/mol. The van der Waals surface area contributed by atoms with Gasteiger partial charge in [-0.3, -0.25) is 0 Å². The van der Waals surface area contributed by atoms with Gasteiger partial charge in [0.1, 0.15) is 12.1 Å². The van der Waals surface area contributed by atoms with Crippen LogP contribution in [-0.2, 0) is 14.2 Å². The Labute approximate surface area is 148 Å². The summed E-state index contributed by atoms with van der Waals surface area (Å²) in [6, 6.07) is -0.580. The van der Waals surface area contributed by atoms with Gasteiger partial charge in [0, 0.05) is 33.5 Å². The van der Waals surface area contributed by atoms with E-state index in [1.807, 2.05) is 13.0 Å². The predicted molar refractivity (Wildman–Crippen MR) is 90.7 cm³/mol. The molecule has 2 aliphatic heterocycles. The lowest BCUT2D eigenvalue weighted by atomic mass is 10.0. The number of rotatable bonds is 4. The quantitative estimate of drug-likeness (QED) is 0.522. The van der Waals surface area contributed by atoms with Gasteiger partial charge in [0.2, 0.25) is 0 Å². The van der Waals surface area contributed by atoms with E-state index in [0.29, 0.717) is 19.3 Å². The first-order valence-corrected chi connectivity index (χ1v) is 8.28. The van der Waals surface area contributed by atoms with E-state index in [0.717, 1.165) is 19.3 Å². The Bertz CT molecular complexity index is 379. The van der Waals surface area contributed by atoms with Crippen molar-refractivity contribution >= 4 is 0 Å². The van der Waals surface area contributed by atoms with Crippen LogP contribution in [0.15, 0.2) is 17.0 Å². The number of hydrogen-bond acceptors (Lipinski definition) is 9. The Kier molecular flexibility index (Phi) is 13.5. The van der Waals surface area contributed by atoms with Crippen LogP contribution in [0.1, 0.15) is 32.6 Å². The van der Waals surface area contributed by atoms with Gasteiger partial charge in [-0.2, -0.15) is 4.91 Å². The fraction of sp³-hybridized carbons (Fsp3) is 0.875. The summed E-state index contributed by atoms with van der Waals surface area (Å²) in [4.78, 5) is 10.2. The summed E-state index contributed by atoms with van der Waals surface area (Å²) in [5, 5.41) is 37.0. The number of allylic oxidation sites excluding steroid dienone is 1. The van der Waals surface area contributed by atoms with Crippen molar-refractivity contribution in [1.82, 2.24) is 0 Å². The number of aliphatic hydroxyl groups excluding tert-OH is 4. The molecule has 0 aromatic heterocycles. The molecule has 0 aromatic rings. The molecule has 148 valence electrons. The third-order valence-electron chi connectivity index (χ3n) is 3.57. The zero-order valence-electron chi connectivity index (χ0n) is 15.1. The van der Waals surface area contributed by atoms with Crippen molar-refractivity contribution in [3.05, 3.63) is 16.7 Å². The second kappa shape index (κ2) is 14.1. The summed E-state index contributed by atoms with van der Waals surface area (Å²) >= 11 is 0. The van der Waals surface area contributed by atoms with Crippen LogP contribution in [0.4, 0.5) is 0 Å². The minimum absolute atomic E-state index is 0.0158. The highest BCUT2D eigenvalue weighted by atomic mass is 16.7. The maximum atomic E-state index is 10.2. The van der Waals surface area contributed by atoms with Gasteiger partial charge in [-0.05, 0) is 12.5 Å². The van der Waals surface area contributed by atoms with Gasteiger partial charge >= 0.3 is 0 Å². The topological polar surface area (TPSA) is 138 Å². The third-order valence-corrected chi connectivity index (χ3v) is 3.57. The van der Waals surface area contributed by atoms with Crippen LogP contribution in [0.25, 0.3) is 0 Å². The smallest absolute Gasteiger partial charge is 0.183 e. The summed E-state index contributed by atoms with van der Waals surface area (Å²) in [6.45, 7) is 2.22. The van der Waals surface area contributed by atoms with Crippen molar-refractivity contribution < 1.29 is 34.6 Å². The SMILES string of the molecule is CCC=C1CC(O)CC(CO)O1.CO.COC1OCC(O)CC1N=O. The molecule has 0 aliphatic carbocycles. The largest absolute Gasteiger partial charge is 0.493 e. The molecule has 9 heteroatoms. The van der Waals surface area contributed by atoms with Gasteiger partial charge in [0.25, 0.3) is 0 Å². The van der Waals surface area contributed by atoms with Crippen LogP contribution in [0.2, 0.25) is 0 Å². The van der Waals surface area contributed by atoms with Crippen LogP contribution in [0, 0.1) is 4.91 Å². The first kappa shape index (κ1) is 23.9. The Balaban J connectivity index is 0.000000421. The minimum Gasteiger partial charge on any atom is -0.493 e. The van der Waals surface area contributed by atoms with E-state index in [2.05, 4.69) is 5.18 Å². The molecule has 0 aromatic carbocycles. The van der Waals surface area contributed by atoms with Crippen molar-refractivity contribution in [3.8, 4) is 0 Å². The molecule has 4 N–H and O–H groups in total. The fourth-order valence-corrected chi connectivity index (χ4v) is 2.49. The van der Waals surface area contributed by atoms with E-state index in [9.17, 15) is 10.0 Å². The molecule has 0 amide bonds. The summed E-state index contributed by atoms with van der Waals surface area (Å²) in [6.07, 6.45) is 2.55. The molecule has 2 fully saturated rings. The van der Waals surface area contributed by atoms with Gasteiger partial charge in [-0.15, -0.1) is 0 Å². The lowest BCUT2D eigenvalue weighted by Gasteiger charge is -2.28. The Hall–Kier alpha value is -1.10. The molecular weight excluding hydrogens is 334 g/mol. The molecule has 0 spiro atoms. The second-order valence-corrected chi connectivity index (χ2v) is 5.59. The minimum atomic E-state index is -0.593. The van der Waals surface area contributed by atoms with Crippen LogP contribution in [0.3, 0.4) is 0 Å². The Morgan fingerprint density at radius 1 is 1.28 bits per heavy atom. The van der Waals surface area contributed by atoms with Crippen LogP contribution in [0.5, 0.6) is 0 Å². The zero-order valence-corrected chi connectivity index (χ0v) is 15.1. The third kappa shape index (κ3) is 9.24. The van der Waals surface area contributed by atoms with Crippen molar-refractivity contribution in [2.75, 3.05) is 27.4 Å². The van der Waals surface area contributed by atoms with Crippen molar-refractivity contribution in [1.29, 1.82) is 0 Å². The number of ether oxygens (including phenoxy) is 3. The maximum Gasteiger partial charge on any atom is 0.183 e. The highest BCUT2D eigenvalue weighted by molar-refractivity contribution is 4.99. The van der Waals surface area contributed by atoms with Crippen LogP contribution >= 0.6 is 0 Å². The van der Waals surface area contributed by atoms with Crippen molar-refractivity contribution in [2.24, 2.45) is 5.18 Å². The number of nitrogens with zero attached hydrogens (tertiary/aromatic N) is 1. The lowest BCUT2D eigenvalue weighted by Crippen LogP contribution is -2.40. The molecular formula is C16H31NO8. The van der Waals surface area contributed by atoms with E-state index < -0.39 is 18.4 Å². The molecule has 0 saturated carbocycles. The van der Waals surface area contributed by atoms with Gasteiger partial charge in [0.15, 0.2) is 6.29 Å². The molecule has 9 nitrogen and oxygen atoms in total. The number of aliphatic hydroxyl groups is 4. The molecule has 25 heavy (non-hydrogen) atoms. The van der Waals surface area contributed by atoms with Crippen molar-refractivity contribution in [2.45, 2.75) is 63.3 Å². The highest BCUT2D eigenvalue weighted by Gasteiger charge is 2.31. The van der Waals surface area contributed by atoms with Crippen LogP contribution < -0.4 is 0 Å². The van der Waals surface area contributed by atoms with Gasteiger partial charge in [0.05, 0.1) is 31.2 Å². The standard InChI is InChI=1S/C9H16O3.C6H11NO4.CH4O/c1-2-3-8-4-7(11)5-9(6-10)12-8;1-10-6-5(7-9)2-4(8)3-11-6;1-2/h3,7,9-11H,2,4-6H2,1H3;4-6,8H,2-3H2,1H3;2H,1H3. The number of nitroso groups, excluding NO2 is 1. The Morgan fingerprint density at radius 2 is 1.96 bits per heavy atom. The summed E-state index contributed by atoms with van der Waals surface area (Å²) < 4.78 is 15.2. The summed E-state index contributed by atoms with van der Waals surface area (Å²) in [7, 11) is 2.44. The normalized spacial score (nSPS) is 33.2. The van der Waals surface area contributed by atoms with Crippen LogP contribution in [-0.4, -0.2) is 78.5 Å². The molecule has 2 heterocycles. The molecule has 0 radical (unpaired) electrons. The zero-order chi connectivity index (χ0) is 19.2. The first-order chi connectivity index (χ1) is 12.0. The lowest BCUT2D eigenvalue weighted by molar-refractivity contribution is -0.182. The molecule has 2 rings (SSSR count). The van der Waals surface area contributed by atoms with E-state index in [4.69, 9.17) is 29.5 Å². The van der Waals surface area contributed by atoms with E-state index in [1.165, 1.54) is 7.11 Å². The summed E-state index contributed by atoms with van der Waals surface area (Å²) in [5.74, 6) is 0.815. The van der Waals surface area contributed by atoms with Crippen molar-refractivity contribution in [3.63, 3.8) is 0 Å². The average Bonchev–Trinajstić information content (AvgIpc) is 2.63. The molecule has 2 aliphatic rings. The predicted octanol–water partition coefficient (Wildman–Crippen LogP) is 0.296. The molecule has 5 unspecified atom stereocenters. The molecule has 0 bridgehead atoms. The van der Waals surface area contributed by atoms with Gasteiger partial charge < -0.3 is 34.6 Å². The first-order valence-electron chi connectivity index (χ1n) is 8.28. The monoisotopic (exact) mass is 365 g/mol. The van der Waals surface area contributed by atoms with E-state index in [1.54, 1.807) is 0 Å². The molecule has 2 saturated heterocycles. The van der Waals surface area contributed by atoms with E-state index >= 15 is 0 Å². The Morgan fingerprint density at radius 3 is 2.48 bits per heavy atom. The van der Waals surface area contributed by atoms with Gasteiger partial charge in [-0.1, -0.05) is 12.1 Å². The second-order valence-electron chi connectivity index (χ2n) is 5.59. The maximum absolute atomic E-state index is 10.2. The number of methoxy groups -OCH3 is 1. The number of hydrogen-bond donors (Lipinski definition) is 4.